The molecule has 6 heteroatoms. The molecule has 0 saturated carbocycles. The molecule has 1 aromatic carbocycles. The molecule has 1 fully saturated rings. The van der Waals surface area contributed by atoms with E-state index in [1.165, 1.54) is 0 Å². The van der Waals surface area contributed by atoms with Gasteiger partial charge in [0, 0.05) is 16.1 Å². The minimum Gasteiger partial charge on any atom is -0.273 e. The van der Waals surface area contributed by atoms with Gasteiger partial charge in [-0.1, -0.05) is 23.7 Å². The Bertz CT molecular complexity index is 658. The van der Waals surface area contributed by atoms with Crippen LogP contribution in [-0.2, 0) is 4.79 Å². The molecule has 0 bridgehead atoms. The quantitative estimate of drug-likeness (QED) is 0.827. The SMILES string of the molecule is Cc1cnc(N2C(=O)[C@H](C)S[C@@H]2c2cccc(Cl)c2)s1. The Hall–Kier alpha value is -1.04. The van der Waals surface area contributed by atoms with Gasteiger partial charge in [0.2, 0.25) is 5.91 Å². The van der Waals surface area contributed by atoms with Crippen LogP contribution in [0.1, 0.15) is 22.7 Å². The average molecular weight is 325 g/mol. The van der Waals surface area contributed by atoms with Crippen LogP contribution >= 0.6 is 34.7 Å². The lowest BCUT2D eigenvalue weighted by Gasteiger charge is -2.21. The van der Waals surface area contributed by atoms with Gasteiger partial charge in [0.05, 0.1) is 5.25 Å². The number of anilines is 1. The Kier molecular flexibility index (Phi) is 3.75. The molecule has 3 rings (SSSR count). The maximum atomic E-state index is 12.4. The largest absolute Gasteiger partial charge is 0.273 e. The zero-order chi connectivity index (χ0) is 14.3. The van der Waals surface area contributed by atoms with E-state index in [4.69, 9.17) is 11.6 Å². The zero-order valence-corrected chi connectivity index (χ0v) is 13.4. The van der Waals surface area contributed by atoms with Crippen LogP contribution < -0.4 is 4.90 Å². The maximum Gasteiger partial charge on any atom is 0.242 e. The molecule has 0 N–H and O–H groups in total. The number of nitrogens with zero attached hydrogens (tertiary/aromatic N) is 2. The highest BCUT2D eigenvalue weighted by molar-refractivity contribution is 8.01. The fourth-order valence-electron chi connectivity index (χ4n) is 2.16. The average Bonchev–Trinajstić information content (AvgIpc) is 2.95. The minimum absolute atomic E-state index is 0.0539. The zero-order valence-electron chi connectivity index (χ0n) is 11.0. The second kappa shape index (κ2) is 5.39. The Morgan fingerprint density at radius 1 is 1.40 bits per heavy atom. The van der Waals surface area contributed by atoms with E-state index in [1.807, 2.05) is 38.1 Å². The molecule has 1 aliphatic rings. The van der Waals surface area contributed by atoms with E-state index < -0.39 is 0 Å². The van der Waals surface area contributed by atoms with Crippen molar-refractivity contribution in [2.24, 2.45) is 0 Å². The van der Waals surface area contributed by atoms with Crippen LogP contribution in [0.25, 0.3) is 0 Å². The van der Waals surface area contributed by atoms with Gasteiger partial charge >= 0.3 is 0 Å². The smallest absolute Gasteiger partial charge is 0.242 e. The number of halogens is 1. The number of aryl methyl sites for hydroxylation is 1. The van der Waals surface area contributed by atoms with Gasteiger partial charge in [0.1, 0.15) is 5.37 Å². The van der Waals surface area contributed by atoms with Crippen molar-refractivity contribution in [1.82, 2.24) is 4.98 Å². The van der Waals surface area contributed by atoms with E-state index in [0.717, 1.165) is 15.6 Å². The lowest BCUT2D eigenvalue weighted by molar-refractivity contribution is -0.117. The fourth-order valence-corrected chi connectivity index (χ4v) is 4.46. The van der Waals surface area contributed by atoms with Crippen molar-refractivity contribution >= 4 is 45.7 Å². The van der Waals surface area contributed by atoms with Crippen LogP contribution in [0.5, 0.6) is 0 Å². The van der Waals surface area contributed by atoms with E-state index in [0.29, 0.717) is 5.02 Å². The van der Waals surface area contributed by atoms with Crippen LogP contribution in [0.4, 0.5) is 5.13 Å². The molecular formula is C14H13ClN2OS2. The van der Waals surface area contributed by atoms with Crippen LogP contribution in [0, 0.1) is 6.92 Å². The standard InChI is InChI=1S/C14H13ClN2OS2/c1-8-7-16-14(19-8)17-12(18)9(2)20-13(17)10-4-3-5-11(15)6-10/h3-7,9,13H,1-2H3/t9-,13+/m0/s1. The van der Waals surface area contributed by atoms with Crippen molar-refractivity contribution in [1.29, 1.82) is 0 Å². The number of benzene rings is 1. The second-order valence-corrected chi connectivity index (χ2v) is 7.72. The number of hydrogen-bond donors (Lipinski definition) is 0. The molecule has 2 aromatic rings. The third-order valence-corrected chi connectivity index (χ3v) is 5.60. The second-order valence-electron chi connectivity index (χ2n) is 4.65. The summed E-state index contributed by atoms with van der Waals surface area (Å²) in [5, 5.41) is 1.32. The monoisotopic (exact) mass is 324 g/mol. The van der Waals surface area contributed by atoms with Gasteiger partial charge in [0.25, 0.3) is 0 Å². The molecule has 20 heavy (non-hydrogen) atoms. The summed E-state index contributed by atoms with van der Waals surface area (Å²) in [6.45, 7) is 3.93. The first-order chi connectivity index (χ1) is 9.56. The topological polar surface area (TPSA) is 33.2 Å². The molecule has 0 unspecified atom stereocenters. The molecule has 2 atom stereocenters. The summed E-state index contributed by atoms with van der Waals surface area (Å²) in [4.78, 5) is 19.7. The number of thioether (sulfide) groups is 1. The summed E-state index contributed by atoms with van der Waals surface area (Å²) in [6, 6.07) is 7.67. The number of carbonyl (C=O) groups excluding carboxylic acids is 1. The van der Waals surface area contributed by atoms with E-state index in [-0.39, 0.29) is 16.5 Å². The molecule has 2 heterocycles. The summed E-state index contributed by atoms with van der Waals surface area (Å²) < 4.78 is 0. The summed E-state index contributed by atoms with van der Waals surface area (Å²) >= 11 is 9.24. The number of carbonyl (C=O) groups is 1. The summed E-state index contributed by atoms with van der Waals surface area (Å²) in [6.07, 6.45) is 1.80. The Morgan fingerprint density at radius 3 is 2.85 bits per heavy atom. The number of amides is 1. The molecule has 1 saturated heterocycles. The van der Waals surface area contributed by atoms with Gasteiger partial charge in [-0.25, -0.2) is 4.98 Å². The summed E-state index contributed by atoms with van der Waals surface area (Å²) in [5.74, 6) is 0.106. The Labute approximate surface area is 131 Å². The van der Waals surface area contributed by atoms with Gasteiger partial charge in [0.15, 0.2) is 5.13 Å². The van der Waals surface area contributed by atoms with Gasteiger partial charge in [-0.3, -0.25) is 9.69 Å². The predicted molar refractivity (Wildman–Crippen MR) is 85.6 cm³/mol. The third kappa shape index (κ3) is 2.45. The lowest BCUT2D eigenvalue weighted by atomic mass is 10.2. The van der Waals surface area contributed by atoms with Gasteiger partial charge in [-0.2, -0.15) is 0 Å². The van der Waals surface area contributed by atoms with E-state index >= 15 is 0 Å². The molecule has 1 aromatic heterocycles. The first-order valence-corrected chi connectivity index (χ1v) is 8.36. The maximum absolute atomic E-state index is 12.4. The number of hydrogen-bond acceptors (Lipinski definition) is 4. The van der Waals surface area contributed by atoms with Crippen molar-refractivity contribution in [2.75, 3.05) is 4.90 Å². The summed E-state index contributed by atoms with van der Waals surface area (Å²) in [7, 11) is 0. The molecule has 104 valence electrons. The molecule has 0 spiro atoms. The molecule has 1 amide bonds. The third-order valence-electron chi connectivity index (χ3n) is 3.10. The Balaban J connectivity index is 2.02. The van der Waals surface area contributed by atoms with Crippen LogP contribution in [0.15, 0.2) is 30.5 Å². The molecule has 1 aliphatic heterocycles. The van der Waals surface area contributed by atoms with Crippen molar-refractivity contribution in [3.05, 3.63) is 45.9 Å². The van der Waals surface area contributed by atoms with Crippen LogP contribution in [-0.4, -0.2) is 16.1 Å². The fraction of sp³-hybridized carbons (Fsp3) is 0.286. The van der Waals surface area contributed by atoms with E-state index in [2.05, 4.69) is 4.98 Å². The number of aromatic nitrogens is 1. The van der Waals surface area contributed by atoms with Crippen LogP contribution in [0.2, 0.25) is 5.02 Å². The highest BCUT2D eigenvalue weighted by Crippen LogP contribution is 2.46. The van der Waals surface area contributed by atoms with E-state index in [9.17, 15) is 4.79 Å². The highest BCUT2D eigenvalue weighted by atomic mass is 35.5. The number of thiazole rings is 1. The van der Waals surface area contributed by atoms with Gasteiger partial charge in [-0.15, -0.1) is 23.1 Å². The van der Waals surface area contributed by atoms with Gasteiger partial charge < -0.3 is 0 Å². The first-order valence-electron chi connectivity index (χ1n) is 6.22. The highest BCUT2D eigenvalue weighted by Gasteiger charge is 2.40. The van der Waals surface area contributed by atoms with Crippen LogP contribution in [0.3, 0.4) is 0 Å². The first kappa shape index (κ1) is 13.9. The molecular weight excluding hydrogens is 312 g/mol. The van der Waals surface area contributed by atoms with Crippen molar-refractivity contribution in [2.45, 2.75) is 24.5 Å². The number of rotatable bonds is 2. The molecule has 0 aliphatic carbocycles. The molecule has 0 radical (unpaired) electrons. The molecule has 3 nitrogen and oxygen atoms in total. The lowest BCUT2D eigenvalue weighted by Crippen LogP contribution is -2.29. The van der Waals surface area contributed by atoms with Crippen molar-refractivity contribution in [3.63, 3.8) is 0 Å². The Morgan fingerprint density at radius 2 is 2.20 bits per heavy atom. The van der Waals surface area contributed by atoms with Crippen molar-refractivity contribution < 1.29 is 4.79 Å². The minimum atomic E-state index is -0.0665. The normalized spacial score (nSPS) is 22.6. The van der Waals surface area contributed by atoms with E-state index in [1.54, 1.807) is 34.2 Å². The van der Waals surface area contributed by atoms with Gasteiger partial charge in [-0.05, 0) is 31.5 Å². The summed E-state index contributed by atoms with van der Waals surface area (Å²) in [5.41, 5.74) is 1.04. The van der Waals surface area contributed by atoms with Crippen molar-refractivity contribution in [3.8, 4) is 0 Å². The predicted octanol–water partition coefficient (Wildman–Crippen LogP) is 4.27.